The van der Waals surface area contributed by atoms with E-state index in [1.807, 2.05) is 0 Å². The van der Waals surface area contributed by atoms with Crippen molar-refractivity contribution in [3.8, 4) is 0 Å². The zero-order chi connectivity index (χ0) is 14.2. The molecule has 0 amide bonds. The van der Waals surface area contributed by atoms with Crippen molar-refractivity contribution < 1.29 is 0 Å². The number of allylic oxidation sites excluding steroid dienone is 1. The van der Waals surface area contributed by atoms with Crippen molar-refractivity contribution in [3.63, 3.8) is 0 Å². The molecule has 0 bridgehead atoms. The summed E-state index contributed by atoms with van der Waals surface area (Å²) in [5.41, 5.74) is 5.46. The van der Waals surface area contributed by atoms with E-state index in [2.05, 4.69) is 74.5 Å². The topological polar surface area (TPSA) is 0 Å². The molecule has 0 heterocycles. The largest absolute Gasteiger partial charge is 0.0840 e. The van der Waals surface area contributed by atoms with Crippen LogP contribution in [0.1, 0.15) is 48.9 Å². The summed E-state index contributed by atoms with van der Waals surface area (Å²) >= 11 is 0. The Labute approximate surface area is 123 Å². The van der Waals surface area contributed by atoms with Crippen molar-refractivity contribution in [2.24, 2.45) is 0 Å². The summed E-state index contributed by atoms with van der Waals surface area (Å²) in [5, 5.41) is 0. The summed E-state index contributed by atoms with van der Waals surface area (Å²) in [4.78, 5) is 0. The molecule has 0 heteroatoms. The van der Waals surface area contributed by atoms with Crippen LogP contribution >= 0.6 is 0 Å². The monoisotopic (exact) mass is 264 g/mol. The number of aryl methyl sites for hydroxylation is 1. The molecule has 0 nitrogen and oxygen atoms in total. The van der Waals surface area contributed by atoms with Gasteiger partial charge in [-0.2, -0.15) is 0 Å². The number of hydrogen-bond donors (Lipinski definition) is 0. The van der Waals surface area contributed by atoms with E-state index in [-0.39, 0.29) is 0 Å². The van der Waals surface area contributed by atoms with E-state index in [1.54, 1.807) is 0 Å². The third-order valence-corrected chi connectivity index (χ3v) is 3.58. The van der Waals surface area contributed by atoms with Crippen LogP contribution in [-0.2, 0) is 12.8 Å². The lowest BCUT2D eigenvalue weighted by Gasteiger charge is -2.04. The Kier molecular flexibility index (Phi) is 5.61. The van der Waals surface area contributed by atoms with E-state index >= 15 is 0 Å². The predicted molar refractivity (Wildman–Crippen MR) is 89.0 cm³/mol. The van der Waals surface area contributed by atoms with E-state index in [0.717, 1.165) is 19.3 Å². The smallest absolute Gasteiger partial charge is 0.00258 e. The van der Waals surface area contributed by atoms with Gasteiger partial charge in [0.2, 0.25) is 0 Å². The molecule has 0 aliphatic carbocycles. The highest BCUT2D eigenvalue weighted by molar-refractivity contribution is 5.49. The first-order valence-corrected chi connectivity index (χ1v) is 7.65. The van der Waals surface area contributed by atoms with E-state index in [9.17, 15) is 0 Å². The van der Waals surface area contributed by atoms with Gasteiger partial charge in [-0.15, -0.1) is 0 Å². The summed E-state index contributed by atoms with van der Waals surface area (Å²) in [7, 11) is 0. The number of hydrogen-bond acceptors (Lipinski definition) is 0. The second-order valence-corrected chi connectivity index (χ2v) is 5.28. The van der Waals surface area contributed by atoms with Crippen molar-refractivity contribution in [2.75, 3.05) is 0 Å². The molecule has 2 aromatic carbocycles. The van der Waals surface area contributed by atoms with Crippen molar-refractivity contribution >= 4 is 6.08 Å². The maximum atomic E-state index is 2.25. The molecule has 104 valence electrons. The highest BCUT2D eigenvalue weighted by Crippen LogP contribution is 2.13. The number of rotatable bonds is 6. The normalized spacial score (nSPS) is 11.1. The minimum Gasteiger partial charge on any atom is -0.0840 e. The van der Waals surface area contributed by atoms with Crippen molar-refractivity contribution in [1.82, 2.24) is 0 Å². The van der Waals surface area contributed by atoms with Crippen LogP contribution in [0.4, 0.5) is 0 Å². The van der Waals surface area contributed by atoms with Gasteiger partial charge in [0.15, 0.2) is 0 Å². The molecular weight excluding hydrogens is 240 g/mol. The van der Waals surface area contributed by atoms with Gasteiger partial charge >= 0.3 is 0 Å². The van der Waals surface area contributed by atoms with Gasteiger partial charge in [0.05, 0.1) is 0 Å². The van der Waals surface area contributed by atoms with Crippen LogP contribution in [0.15, 0.2) is 54.6 Å². The van der Waals surface area contributed by atoms with E-state index < -0.39 is 0 Å². The average Bonchev–Trinajstić information content (AvgIpc) is 2.50. The summed E-state index contributed by atoms with van der Waals surface area (Å²) in [5.74, 6) is 0. The summed E-state index contributed by atoms with van der Waals surface area (Å²) in [6.07, 6.45) is 8.96. The highest BCUT2D eigenvalue weighted by atomic mass is 14.0. The van der Waals surface area contributed by atoms with Gasteiger partial charge < -0.3 is 0 Å². The maximum Gasteiger partial charge on any atom is -0.00258 e. The molecule has 0 saturated carbocycles. The van der Waals surface area contributed by atoms with Crippen LogP contribution in [0.2, 0.25) is 0 Å². The molecule has 20 heavy (non-hydrogen) atoms. The van der Waals surface area contributed by atoms with Gasteiger partial charge in [0, 0.05) is 0 Å². The van der Waals surface area contributed by atoms with Crippen molar-refractivity contribution in [2.45, 2.75) is 39.5 Å². The lowest BCUT2D eigenvalue weighted by atomic mass is 10.0. The first-order valence-electron chi connectivity index (χ1n) is 7.65. The van der Waals surface area contributed by atoms with E-state index in [4.69, 9.17) is 0 Å². The molecule has 2 aromatic rings. The molecule has 0 radical (unpaired) electrons. The molecule has 0 aromatic heterocycles. The maximum absolute atomic E-state index is 2.25. The van der Waals surface area contributed by atoms with Gasteiger partial charge in [-0.3, -0.25) is 0 Å². The van der Waals surface area contributed by atoms with Gasteiger partial charge in [0.1, 0.15) is 0 Å². The molecule has 0 aliphatic heterocycles. The molecule has 2 rings (SSSR count). The van der Waals surface area contributed by atoms with Gasteiger partial charge in [-0.05, 0) is 41.5 Å². The first kappa shape index (κ1) is 14.6. The number of benzene rings is 2. The van der Waals surface area contributed by atoms with E-state index in [1.165, 1.54) is 28.7 Å². The zero-order valence-corrected chi connectivity index (χ0v) is 12.6. The van der Waals surface area contributed by atoms with Crippen molar-refractivity contribution in [3.05, 3.63) is 76.9 Å². The average molecular weight is 264 g/mol. The van der Waals surface area contributed by atoms with Gasteiger partial charge in [-0.1, -0.05) is 81.0 Å². The van der Waals surface area contributed by atoms with E-state index in [0.29, 0.717) is 0 Å². The Balaban J connectivity index is 1.99. The van der Waals surface area contributed by atoms with Gasteiger partial charge in [-0.25, -0.2) is 0 Å². The Hall–Kier alpha value is -1.82. The highest BCUT2D eigenvalue weighted by Gasteiger charge is 1.97. The quantitative estimate of drug-likeness (QED) is 0.632. The van der Waals surface area contributed by atoms with Crippen LogP contribution in [-0.4, -0.2) is 0 Å². The second kappa shape index (κ2) is 7.69. The van der Waals surface area contributed by atoms with Crippen LogP contribution in [0.25, 0.3) is 6.08 Å². The third-order valence-electron chi connectivity index (χ3n) is 3.58. The lowest BCUT2D eigenvalue weighted by molar-refractivity contribution is 0.962. The van der Waals surface area contributed by atoms with Crippen LogP contribution in [0.3, 0.4) is 0 Å². The molecule has 0 N–H and O–H groups in total. The van der Waals surface area contributed by atoms with Crippen molar-refractivity contribution in [1.29, 1.82) is 0 Å². The molecule has 0 saturated heterocycles. The minimum atomic E-state index is 1.02. The Morgan fingerprint density at radius 1 is 0.750 bits per heavy atom. The van der Waals surface area contributed by atoms with Crippen LogP contribution in [0, 0.1) is 0 Å². The molecule has 0 spiro atoms. The predicted octanol–water partition coefficient (Wildman–Crippen LogP) is 5.65. The Bertz CT molecular complexity index is 529. The van der Waals surface area contributed by atoms with Crippen LogP contribution in [0.5, 0.6) is 0 Å². The summed E-state index contributed by atoms with van der Waals surface area (Å²) < 4.78 is 0. The molecule has 0 unspecified atom stereocenters. The van der Waals surface area contributed by atoms with Crippen LogP contribution < -0.4 is 0 Å². The molecule has 0 aliphatic rings. The molecular formula is C20H24. The Morgan fingerprint density at radius 2 is 1.30 bits per heavy atom. The summed E-state index contributed by atoms with van der Waals surface area (Å²) in [6, 6.07) is 17.8. The second-order valence-electron chi connectivity index (χ2n) is 5.28. The fourth-order valence-electron chi connectivity index (χ4n) is 2.26. The van der Waals surface area contributed by atoms with Gasteiger partial charge in [0.25, 0.3) is 0 Å². The fourth-order valence-corrected chi connectivity index (χ4v) is 2.26. The molecule has 0 fully saturated rings. The molecule has 0 atom stereocenters. The zero-order valence-electron chi connectivity index (χ0n) is 12.6. The first-order chi connectivity index (χ1) is 9.81. The number of unbranched alkanes of at least 4 members (excludes halogenated alkanes) is 1. The fraction of sp³-hybridized carbons (Fsp3) is 0.300. The lowest BCUT2D eigenvalue weighted by Crippen LogP contribution is -1.89. The minimum absolute atomic E-state index is 1.02. The summed E-state index contributed by atoms with van der Waals surface area (Å²) in [6.45, 7) is 4.40. The Morgan fingerprint density at radius 3 is 1.85 bits per heavy atom. The third kappa shape index (κ3) is 4.38. The standard InChI is InChI=1S/C20H24/c1-3-5-6-7-18-10-14-20(15-11-18)16-19-12-8-17(4-2)9-13-19/h6-15H,3-5,16H2,1-2H3/b7-6+. The SMILES string of the molecule is CCC/C=C/c1ccc(Cc2ccc(CC)cc2)cc1.